The molecule has 3 rings (SSSR count). The second-order valence-corrected chi connectivity index (χ2v) is 6.20. The first kappa shape index (κ1) is 17.4. The summed E-state index contributed by atoms with van der Waals surface area (Å²) in [6.07, 6.45) is 8.76. The van der Waals surface area contributed by atoms with Crippen molar-refractivity contribution in [2.75, 3.05) is 0 Å². The van der Waals surface area contributed by atoms with Crippen LogP contribution >= 0.6 is 0 Å². The van der Waals surface area contributed by atoms with Crippen molar-refractivity contribution in [1.82, 2.24) is 0 Å². The minimum atomic E-state index is 0.628. The van der Waals surface area contributed by atoms with Crippen molar-refractivity contribution >= 4 is 23.5 Å². The number of benzene rings is 2. The second-order valence-electron chi connectivity index (χ2n) is 6.20. The predicted molar refractivity (Wildman–Crippen MR) is 105 cm³/mol. The van der Waals surface area contributed by atoms with Crippen LogP contribution in [0.5, 0.6) is 0 Å². The standard InChI is InChI=1S/C20H18N6/c21-25-23-19-8-4-15(5-9-19)12-17-2-1-3-18(14-17)13-16-6-10-20(11-7-16)24-26-22/h4-13H,1-3,14H2/b17-12-,18-13+. The molecule has 0 bridgehead atoms. The Hall–Kier alpha value is -3.46. The molecule has 0 N–H and O–H groups in total. The van der Waals surface area contributed by atoms with Crippen LogP contribution in [-0.2, 0) is 0 Å². The monoisotopic (exact) mass is 342 g/mol. The van der Waals surface area contributed by atoms with E-state index in [1.807, 2.05) is 48.5 Å². The minimum Gasteiger partial charge on any atom is -0.0655 e. The lowest BCUT2D eigenvalue weighted by molar-refractivity contribution is 0.721. The van der Waals surface area contributed by atoms with E-state index in [4.69, 9.17) is 11.1 Å². The summed E-state index contributed by atoms with van der Waals surface area (Å²) >= 11 is 0. The van der Waals surface area contributed by atoms with Crippen molar-refractivity contribution in [3.05, 3.63) is 91.7 Å². The van der Waals surface area contributed by atoms with E-state index in [1.165, 1.54) is 11.1 Å². The smallest absolute Gasteiger partial charge is 0.0375 e. The van der Waals surface area contributed by atoms with Crippen molar-refractivity contribution < 1.29 is 0 Å². The minimum absolute atomic E-state index is 0.628. The van der Waals surface area contributed by atoms with Crippen LogP contribution in [0.3, 0.4) is 0 Å². The van der Waals surface area contributed by atoms with E-state index < -0.39 is 0 Å². The first-order valence-electron chi connectivity index (χ1n) is 8.46. The van der Waals surface area contributed by atoms with Crippen LogP contribution in [0.15, 0.2) is 69.9 Å². The van der Waals surface area contributed by atoms with Gasteiger partial charge in [0, 0.05) is 21.2 Å². The van der Waals surface area contributed by atoms with Crippen molar-refractivity contribution in [2.24, 2.45) is 10.2 Å². The zero-order valence-electron chi connectivity index (χ0n) is 14.3. The Labute approximate surface area is 151 Å². The van der Waals surface area contributed by atoms with E-state index >= 15 is 0 Å². The Bertz CT molecular complexity index is 848. The highest BCUT2D eigenvalue weighted by atomic mass is 15.1. The van der Waals surface area contributed by atoms with Crippen LogP contribution in [0.2, 0.25) is 0 Å². The molecule has 6 heteroatoms. The van der Waals surface area contributed by atoms with E-state index in [-0.39, 0.29) is 0 Å². The number of hydrogen-bond donors (Lipinski definition) is 0. The second kappa shape index (κ2) is 8.58. The maximum absolute atomic E-state index is 8.46. The van der Waals surface area contributed by atoms with Gasteiger partial charge in [-0.2, -0.15) is 0 Å². The number of azide groups is 2. The van der Waals surface area contributed by atoms with E-state index in [1.54, 1.807) is 0 Å². The van der Waals surface area contributed by atoms with E-state index in [2.05, 4.69) is 32.2 Å². The molecule has 2 aromatic rings. The average Bonchev–Trinajstić information content (AvgIpc) is 2.66. The van der Waals surface area contributed by atoms with Crippen LogP contribution in [0.1, 0.15) is 36.8 Å². The molecule has 0 heterocycles. The first-order chi connectivity index (χ1) is 12.8. The third kappa shape index (κ3) is 4.77. The molecule has 1 saturated carbocycles. The third-order valence-corrected chi connectivity index (χ3v) is 4.30. The molecule has 2 aromatic carbocycles. The van der Waals surface area contributed by atoms with Gasteiger partial charge >= 0.3 is 0 Å². The zero-order chi connectivity index (χ0) is 18.2. The summed E-state index contributed by atoms with van der Waals surface area (Å²) in [5.74, 6) is 0. The third-order valence-electron chi connectivity index (χ3n) is 4.30. The first-order valence-corrected chi connectivity index (χ1v) is 8.46. The van der Waals surface area contributed by atoms with Gasteiger partial charge in [-0.25, -0.2) is 0 Å². The molecule has 0 atom stereocenters. The summed E-state index contributed by atoms with van der Waals surface area (Å²) in [4.78, 5) is 5.59. The van der Waals surface area contributed by atoms with Crippen LogP contribution in [0.25, 0.3) is 33.0 Å². The van der Waals surface area contributed by atoms with Crippen LogP contribution in [-0.4, -0.2) is 0 Å². The van der Waals surface area contributed by atoms with E-state index in [0.717, 1.165) is 36.8 Å². The quantitative estimate of drug-likeness (QED) is 0.310. The summed E-state index contributed by atoms with van der Waals surface area (Å²) in [7, 11) is 0. The van der Waals surface area contributed by atoms with Gasteiger partial charge in [0.05, 0.1) is 0 Å². The molecule has 6 nitrogen and oxygen atoms in total. The average molecular weight is 342 g/mol. The Morgan fingerprint density at radius 2 is 1.12 bits per heavy atom. The fourth-order valence-electron chi connectivity index (χ4n) is 3.11. The normalized spacial score (nSPS) is 16.8. The number of rotatable bonds is 4. The molecule has 1 aliphatic carbocycles. The van der Waals surface area contributed by atoms with Gasteiger partial charge in [-0.1, -0.05) is 82.1 Å². The lowest BCUT2D eigenvalue weighted by atomic mass is 9.88. The topological polar surface area (TPSA) is 97.5 Å². The fourth-order valence-corrected chi connectivity index (χ4v) is 3.11. The molecule has 0 radical (unpaired) electrons. The van der Waals surface area contributed by atoms with Crippen molar-refractivity contribution in [3.8, 4) is 0 Å². The summed E-state index contributed by atoms with van der Waals surface area (Å²) in [6.45, 7) is 0. The van der Waals surface area contributed by atoms with Crippen molar-refractivity contribution in [1.29, 1.82) is 0 Å². The van der Waals surface area contributed by atoms with Gasteiger partial charge in [-0.05, 0) is 47.9 Å². The number of hydrogen-bond acceptors (Lipinski definition) is 2. The summed E-state index contributed by atoms with van der Waals surface area (Å²) in [5, 5.41) is 7.19. The van der Waals surface area contributed by atoms with Crippen LogP contribution < -0.4 is 0 Å². The van der Waals surface area contributed by atoms with Crippen LogP contribution in [0, 0.1) is 0 Å². The molecular weight excluding hydrogens is 324 g/mol. The maximum atomic E-state index is 8.46. The van der Waals surface area contributed by atoms with Gasteiger partial charge in [0.15, 0.2) is 0 Å². The summed E-state index contributed by atoms with van der Waals surface area (Å²) < 4.78 is 0. The molecule has 0 saturated heterocycles. The Balaban J connectivity index is 1.73. The van der Waals surface area contributed by atoms with E-state index in [9.17, 15) is 0 Å². The predicted octanol–water partition coefficient (Wildman–Crippen LogP) is 7.61. The lowest BCUT2D eigenvalue weighted by Crippen LogP contribution is -1.97. The zero-order valence-corrected chi connectivity index (χ0v) is 14.3. The molecule has 0 aliphatic heterocycles. The molecule has 1 aliphatic rings. The summed E-state index contributed by atoms with van der Waals surface area (Å²) in [5.41, 5.74) is 23.2. The molecule has 0 spiro atoms. The largest absolute Gasteiger partial charge is 0.0655 e. The number of allylic oxidation sites excluding steroid dienone is 2. The molecule has 1 fully saturated rings. The summed E-state index contributed by atoms with van der Waals surface area (Å²) in [6, 6.07) is 15.2. The van der Waals surface area contributed by atoms with Gasteiger partial charge in [0.25, 0.3) is 0 Å². The Morgan fingerprint density at radius 3 is 1.50 bits per heavy atom. The van der Waals surface area contributed by atoms with Crippen LogP contribution in [0.4, 0.5) is 11.4 Å². The maximum Gasteiger partial charge on any atom is 0.0375 e. The SMILES string of the molecule is [N-]=[N+]=Nc1ccc(/C=C2/CCC/C(=C\c3ccc(N=[N+]=[N-])cc3)C2)cc1. The van der Waals surface area contributed by atoms with Crippen molar-refractivity contribution in [2.45, 2.75) is 25.7 Å². The van der Waals surface area contributed by atoms with Gasteiger partial charge in [-0.3, -0.25) is 0 Å². The van der Waals surface area contributed by atoms with Gasteiger partial charge in [-0.15, -0.1) is 0 Å². The highest BCUT2D eigenvalue weighted by molar-refractivity contribution is 5.60. The number of nitrogens with zero attached hydrogens (tertiary/aromatic N) is 6. The van der Waals surface area contributed by atoms with E-state index in [0.29, 0.717) is 11.4 Å². The Kier molecular flexibility index (Phi) is 5.73. The van der Waals surface area contributed by atoms with Gasteiger partial charge in [0.1, 0.15) is 0 Å². The Morgan fingerprint density at radius 1 is 0.692 bits per heavy atom. The highest BCUT2D eigenvalue weighted by Crippen LogP contribution is 2.31. The van der Waals surface area contributed by atoms with Gasteiger partial charge in [0.2, 0.25) is 0 Å². The molecule has 128 valence electrons. The molecule has 26 heavy (non-hydrogen) atoms. The highest BCUT2D eigenvalue weighted by Gasteiger charge is 2.10. The molecule has 0 aromatic heterocycles. The molecular formula is C20H18N6. The lowest BCUT2D eigenvalue weighted by Gasteiger charge is -2.18. The van der Waals surface area contributed by atoms with Gasteiger partial charge < -0.3 is 0 Å². The molecule has 0 unspecified atom stereocenters. The van der Waals surface area contributed by atoms with Crippen molar-refractivity contribution in [3.63, 3.8) is 0 Å². The fraction of sp³-hybridized carbons (Fsp3) is 0.200. The molecule has 0 amide bonds.